The molecule has 1 atom stereocenters. The standard InChI is InChI=1S/C22H27NO4/c1-15-7-10-20(16(2)12-15)27-14-22(24)23-11-5-6-19(23)18-9-8-17(25-3)13-21(18)26-4/h7-10,12-13,19H,5-6,11,14H2,1-4H3. The SMILES string of the molecule is COc1ccc(C2CCCN2C(=O)COc2ccc(C)cc2C)c(OC)c1. The van der Waals surface area contributed by atoms with Crippen LogP contribution >= 0.6 is 0 Å². The Kier molecular flexibility index (Phi) is 5.89. The number of rotatable bonds is 6. The first-order valence-corrected chi connectivity index (χ1v) is 9.25. The highest BCUT2D eigenvalue weighted by molar-refractivity contribution is 5.78. The van der Waals surface area contributed by atoms with Crippen molar-refractivity contribution < 1.29 is 19.0 Å². The molecule has 0 N–H and O–H groups in total. The molecule has 0 bridgehead atoms. The molecule has 0 radical (unpaired) electrons. The summed E-state index contributed by atoms with van der Waals surface area (Å²) in [5.41, 5.74) is 3.23. The minimum atomic E-state index is -0.00431. The van der Waals surface area contributed by atoms with E-state index in [4.69, 9.17) is 14.2 Å². The van der Waals surface area contributed by atoms with Gasteiger partial charge in [-0.1, -0.05) is 17.7 Å². The zero-order valence-electron chi connectivity index (χ0n) is 16.5. The normalized spacial score (nSPS) is 16.3. The van der Waals surface area contributed by atoms with Gasteiger partial charge < -0.3 is 19.1 Å². The lowest BCUT2D eigenvalue weighted by molar-refractivity contribution is -0.134. The maximum Gasteiger partial charge on any atom is 0.261 e. The number of hydrogen-bond donors (Lipinski definition) is 0. The van der Waals surface area contributed by atoms with E-state index in [2.05, 4.69) is 6.07 Å². The van der Waals surface area contributed by atoms with E-state index in [1.807, 2.05) is 49.1 Å². The van der Waals surface area contributed by atoms with Crippen molar-refractivity contribution in [2.45, 2.75) is 32.7 Å². The molecule has 1 fully saturated rings. The van der Waals surface area contributed by atoms with Crippen LogP contribution in [0.3, 0.4) is 0 Å². The third-order valence-corrected chi connectivity index (χ3v) is 5.05. The summed E-state index contributed by atoms with van der Waals surface area (Å²) in [6.45, 7) is 4.81. The number of aryl methyl sites for hydroxylation is 2. The largest absolute Gasteiger partial charge is 0.497 e. The Morgan fingerprint density at radius 3 is 2.59 bits per heavy atom. The number of carbonyl (C=O) groups is 1. The van der Waals surface area contributed by atoms with Crippen molar-refractivity contribution in [3.63, 3.8) is 0 Å². The number of likely N-dealkylation sites (tertiary alicyclic amines) is 1. The molecule has 0 aliphatic carbocycles. The fourth-order valence-corrected chi connectivity index (χ4v) is 3.67. The highest BCUT2D eigenvalue weighted by Crippen LogP contribution is 2.38. The Balaban J connectivity index is 1.73. The molecule has 1 saturated heterocycles. The quantitative estimate of drug-likeness (QED) is 0.770. The topological polar surface area (TPSA) is 48.0 Å². The van der Waals surface area contributed by atoms with Crippen LogP contribution in [0.2, 0.25) is 0 Å². The minimum absolute atomic E-state index is 0.000992. The van der Waals surface area contributed by atoms with Gasteiger partial charge in [0.15, 0.2) is 6.61 Å². The summed E-state index contributed by atoms with van der Waals surface area (Å²) in [7, 11) is 3.27. The van der Waals surface area contributed by atoms with E-state index in [0.717, 1.165) is 47.8 Å². The van der Waals surface area contributed by atoms with Crippen LogP contribution in [0.1, 0.15) is 35.6 Å². The predicted octanol–water partition coefficient (Wildman–Crippen LogP) is 4.06. The van der Waals surface area contributed by atoms with Crippen molar-refractivity contribution >= 4 is 5.91 Å². The molecule has 1 amide bonds. The van der Waals surface area contributed by atoms with Crippen LogP contribution in [-0.2, 0) is 4.79 Å². The fraction of sp³-hybridized carbons (Fsp3) is 0.409. The van der Waals surface area contributed by atoms with Crippen molar-refractivity contribution in [2.24, 2.45) is 0 Å². The molecule has 27 heavy (non-hydrogen) atoms. The zero-order valence-corrected chi connectivity index (χ0v) is 16.5. The average molecular weight is 369 g/mol. The molecule has 2 aromatic carbocycles. The van der Waals surface area contributed by atoms with Crippen LogP contribution < -0.4 is 14.2 Å². The average Bonchev–Trinajstić information content (AvgIpc) is 3.16. The molecule has 2 aromatic rings. The van der Waals surface area contributed by atoms with Gasteiger partial charge in [0.25, 0.3) is 5.91 Å². The summed E-state index contributed by atoms with van der Waals surface area (Å²) in [6, 6.07) is 11.7. The van der Waals surface area contributed by atoms with Crippen molar-refractivity contribution in [3.05, 3.63) is 53.1 Å². The van der Waals surface area contributed by atoms with Crippen molar-refractivity contribution in [2.75, 3.05) is 27.4 Å². The molecule has 1 aliphatic rings. The van der Waals surface area contributed by atoms with Gasteiger partial charge in [-0.3, -0.25) is 4.79 Å². The van der Waals surface area contributed by atoms with Gasteiger partial charge in [0.05, 0.1) is 20.3 Å². The second kappa shape index (κ2) is 8.33. The molecule has 1 aliphatic heterocycles. The van der Waals surface area contributed by atoms with E-state index in [0.29, 0.717) is 0 Å². The Morgan fingerprint density at radius 2 is 1.89 bits per heavy atom. The lowest BCUT2D eigenvalue weighted by Gasteiger charge is -2.26. The molecule has 1 unspecified atom stereocenters. The maximum atomic E-state index is 12.8. The molecule has 0 saturated carbocycles. The van der Waals surface area contributed by atoms with Crippen LogP contribution in [0, 0.1) is 13.8 Å². The molecule has 3 rings (SSSR count). The molecule has 0 spiro atoms. The van der Waals surface area contributed by atoms with Gasteiger partial charge in [-0.15, -0.1) is 0 Å². The van der Waals surface area contributed by atoms with Crippen LogP contribution in [-0.4, -0.2) is 38.2 Å². The fourth-order valence-electron chi connectivity index (χ4n) is 3.67. The Bertz CT molecular complexity index is 818. The number of ether oxygens (including phenoxy) is 3. The molecular formula is C22H27NO4. The Labute approximate surface area is 160 Å². The van der Waals surface area contributed by atoms with Gasteiger partial charge >= 0.3 is 0 Å². The zero-order chi connectivity index (χ0) is 19.4. The predicted molar refractivity (Wildman–Crippen MR) is 105 cm³/mol. The molecule has 5 nitrogen and oxygen atoms in total. The molecule has 1 heterocycles. The van der Waals surface area contributed by atoms with Gasteiger partial charge in [0.1, 0.15) is 17.2 Å². The lowest BCUT2D eigenvalue weighted by atomic mass is 10.0. The first-order valence-electron chi connectivity index (χ1n) is 9.25. The summed E-state index contributed by atoms with van der Waals surface area (Å²) in [4.78, 5) is 14.7. The van der Waals surface area contributed by atoms with Crippen molar-refractivity contribution in [3.8, 4) is 17.2 Å². The number of carbonyl (C=O) groups excluding carboxylic acids is 1. The van der Waals surface area contributed by atoms with Gasteiger partial charge in [-0.05, 0) is 50.5 Å². The van der Waals surface area contributed by atoms with Crippen LogP contribution in [0.5, 0.6) is 17.2 Å². The number of nitrogens with zero attached hydrogens (tertiary/aromatic N) is 1. The second-order valence-electron chi connectivity index (χ2n) is 6.91. The van der Waals surface area contributed by atoms with Crippen LogP contribution in [0.15, 0.2) is 36.4 Å². The second-order valence-corrected chi connectivity index (χ2v) is 6.91. The third-order valence-electron chi connectivity index (χ3n) is 5.05. The summed E-state index contributed by atoms with van der Waals surface area (Å²) >= 11 is 0. The highest BCUT2D eigenvalue weighted by atomic mass is 16.5. The monoisotopic (exact) mass is 369 g/mol. The van der Waals surface area contributed by atoms with Crippen LogP contribution in [0.4, 0.5) is 0 Å². The van der Waals surface area contributed by atoms with Gasteiger partial charge in [-0.25, -0.2) is 0 Å². The first-order chi connectivity index (χ1) is 13.0. The summed E-state index contributed by atoms with van der Waals surface area (Å²) in [6.07, 6.45) is 1.88. The van der Waals surface area contributed by atoms with Crippen LogP contribution in [0.25, 0.3) is 0 Å². The van der Waals surface area contributed by atoms with Gasteiger partial charge in [0.2, 0.25) is 0 Å². The summed E-state index contributed by atoms with van der Waals surface area (Å²) < 4.78 is 16.6. The van der Waals surface area contributed by atoms with E-state index in [-0.39, 0.29) is 18.6 Å². The third kappa shape index (κ3) is 4.18. The Hall–Kier alpha value is -2.69. The summed E-state index contributed by atoms with van der Waals surface area (Å²) in [5.74, 6) is 2.24. The number of benzene rings is 2. The smallest absolute Gasteiger partial charge is 0.261 e. The molecule has 144 valence electrons. The number of amides is 1. The van der Waals surface area contributed by atoms with Gasteiger partial charge in [-0.2, -0.15) is 0 Å². The van der Waals surface area contributed by atoms with E-state index in [9.17, 15) is 4.79 Å². The van der Waals surface area contributed by atoms with Gasteiger partial charge in [0, 0.05) is 18.2 Å². The van der Waals surface area contributed by atoms with Crippen molar-refractivity contribution in [1.82, 2.24) is 4.90 Å². The number of methoxy groups -OCH3 is 2. The molecule has 5 heteroatoms. The van der Waals surface area contributed by atoms with E-state index in [1.54, 1.807) is 14.2 Å². The lowest BCUT2D eigenvalue weighted by Crippen LogP contribution is -2.34. The minimum Gasteiger partial charge on any atom is -0.497 e. The first kappa shape index (κ1) is 19.1. The van der Waals surface area contributed by atoms with E-state index >= 15 is 0 Å². The summed E-state index contributed by atoms with van der Waals surface area (Å²) in [5, 5.41) is 0. The molecular weight excluding hydrogens is 342 g/mol. The molecule has 0 aromatic heterocycles. The number of hydrogen-bond acceptors (Lipinski definition) is 4. The maximum absolute atomic E-state index is 12.8. The Morgan fingerprint density at radius 1 is 1.07 bits per heavy atom. The van der Waals surface area contributed by atoms with E-state index in [1.165, 1.54) is 5.56 Å². The van der Waals surface area contributed by atoms with E-state index < -0.39 is 0 Å². The highest BCUT2D eigenvalue weighted by Gasteiger charge is 2.32. The van der Waals surface area contributed by atoms with Crippen molar-refractivity contribution in [1.29, 1.82) is 0 Å².